The van der Waals surface area contributed by atoms with Crippen LogP contribution in [0.5, 0.6) is 17.2 Å². The molecule has 0 atom stereocenters. The topological polar surface area (TPSA) is 130 Å². The zero-order valence-electron chi connectivity index (χ0n) is 23.9. The van der Waals surface area contributed by atoms with Crippen LogP contribution in [-0.2, 0) is 9.63 Å². The van der Waals surface area contributed by atoms with Crippen molar-refractivity contribution in [1.82, 2.24) is 24.2 Å². The largest absolute Gasteiger partial charge is 0.490 e. The Morgan fingerprint density at radius 3 is 2.64 bits per heavy atom. The molecule has 3 heterocycles. The Morgan fingerprint density at radius 2 is 1.86 bits per heavy atom. The van der Waals surface area contributed by atoms with Crippen molar-refractivity contribution in [2.45, 2.75) is 0 Å². The molecular formula is C31H28FN7O5. The van der Waals surface area contributed by atoms with E-state index in [1.165, 1.54) is 33.7 Å². The van der Waals surface area contributed by atoms with E-state index < -0.39 is 11.5 Å². The van der Waals surface area contributed by atoms with E-state index in [1.54, 1.807) is 84.8 Å². The fourth-order valence-corrected chi connectivity index (χ4v) is 4.89. The maximum Gasteiger partial charge on any atom is 0.339 e. The number of rotatable bonds is 8. The standard InChI is InChI=1S/C31H28FN7O5/c1-36(42-2)14-4-7-27(40)37-15-16-43-26-13-10-22(18-25(26)37)39-30-28(29(33)34-19-35-30)38(31(39)41)21-8-11-23(12-9-21)44-24-6-3-5-20(32)17-24/h3-13,17-19H,14-16H2,1-2H3,(H2,33,34,35)/b7-4+. The molecule has 224 valence electrons. The monoisotopic (exact) mass is 597 g/mol. The van der Waals surface area contributed by atoms with Crippen LogP contribution in [0.2, 0.25) is 0 Å². The number of aromatic nitrogens is 4. The second-order valence-corrected chi connectivity index (χ2v) is 9.82. The summed E-state index contributed by atoms with van der Waals surface area (Å²) in [4.78, 5) is 42.4. The van der Waals surface area contributed by atoms with Crippen molar-refractivity contribution < 1.29 is 23.5 Å². The predicted molar refractivity (Wildman–Crippen MR) is 162 cm³/mol. The summed E-state index contributed by atoms with van der Waals surface area (Å²) in [6, 6.07) is 17.6. The third-order valence-electron chi connectivity index (χ3n) is 7.04. The smallest absolute Gasteiger partial charge is 0.339 e. The number of halogens is 1. The number of carbonyl (C=O) groups is 1. The summed E-state index contributed by atoms with van der Waals surface area (Å²) < 4.78 is 28.0. The number of fused-ring (bicyclic) bond motifs is 2. The molecular weight excluding hydrogens is 569 g/mol. The summed E-state index contributed by atoms with van der Waals surface area (Å²) in [5.41, 5.74) is 7.85. The first-order valence-electron chi connectivity index (χ1n) is 13.6. The molecule has 1 amide bonds. The van der Waals surface area contributed by atoms with Crippen LogP contribution in [0.25, 0.3) is 22.5 Å². The summed E-state index contributed by atoms with van der Waals surface area (Å²) in [6.07, 6.45) is 4.47. The van der Waals surface area contributed by atoms with Crippen LogP contribution < -0.4 is 25.8 Å². The minimum atomic E-state index is -0.456. The van der Waals surface area contributed by atoms with Gasteiger partial charge in [0.2, 0.25) is 0 Å². The van der Waals surface area contributed by atoms with E-state index in [9.17, 15) is 14.0 Å². The number of hydroxylamine groups is 2. The lowest BCUT2D eigenvalue weighted by molar-refractivity contribution is -0.114. The highest BCUT2D eigenvalue weighted by atomic mass is 19.1. The lowest BCUT2D eigenvalue weighted by Gasteiger charge is -2.29. The minimum Gasteiger partial charge on any atom is -0.490 e. The van der Waals surface area contributed by atoms with E-state index in [-0.39, 0.29) is 17.4 Å². The van der Waals surface area contributed by atoms with Crippen molar-refractivity contribution in [2.75, 3.05) is 44.5 Å². The molecule has 0 bridgehead atoms. The zero-order valence-corrected chi connectivity index (χ0v) is 23.9. The molecule has 1 aliphatic rings. The van der Waals surface area contributed by atoms with Gasteiger partial charge in [-0.1, -0.05) is 12.1 Å². The maximum absolute atomic E-state index is 14.1. The van der Waals surface area contributed by atoms with Gasteiger partial charge in [0.05, 0.1) is 30.7 Å². The van der Waals surface area contributed by atoms with Gasteiger partial charge in [0.25, 0.3) is 5.91 Å². The molecule has 12 nitrogen and oxygen atoms in total. The predicted octanol–water partition coefficient (Wildman–Crippen LogP) is 3.86. The molecule has 2 aromatic heterocycles. The van der Waals surface area contributed by atoms with E-state index in [4.69, 9.17) is 20.0 Å². The van der Waals surface area contributed by atoms with Gasteiger partial charge in [-0.15, -0.1) is 0 Å². The van der Waals surface area contributed by atoms with Gasteiger partial charge in [-0.2, -0.15) is 5.06 Å². The molecule has 0 aliphatic carbocycles. The number of benzene rings is 3. The molecule has 0 spiro atoms. The molecule has 1 aliphatic heterocycles. The molecule has 2 N–H and O–H groups in total. The second-order valence-electron chi connectivity index (χ2n) is 9.82. The van der Waals surface area contributed by atoms with E-state index in [1.807, 2.05) is 0 Å². The number of hydrogen-bond acceptors (Lipinski definition) is 9. The zero-order chi connectivity index (χ0) is 30.8. The molecule has 6 rings (SSSR count). The van der Waals surface area contributed by atoms with E-state index in [0.29, 0.717) is 59.5 Å². The van der Waals surface area contributed by atoms with Gasteiger partial charge in [-0.25, -0.2) is 23.7 Å². The van der Waals surface area contributed by atoms with Crippen molar-refractivity contribution >= 4 is 28.6 Å². The number of amides is 1. The van der Waals surface area contributed by atoms with Crippen LogP contribution in [0, 0.1) is 5.82 Å². The number of carbonyl (C=O) groups excluding carboxylic acids is 1. The Labute approximate surface area is 250 Å². The van der Waals surface area contributed by atoms with Gasteiger partial charge in [0.15, 0.2) is 11.5 Å². The van der Waals surface area contributed by atoms with E-state index in [0.717, 1.165) is 0 Å². The summed E-state index contributed by atoms with van der Waals surface area (Å²) in [6.45, 7) is 1.08. The van der Waals surface area contributed by atoms with Crippen LogP contribution in [0.4, 0.5) is 15.9 Å². The average Bonchev–Trinajstić information content (AvgIpc) is 3.33. The highest BCUT2D eigenvalue weighted by Gasteiger charge is 2.25. The number of nitrogens with two attached hydrogens (primary N) is 1. The molecule has 13 heteroatoms. The summed E-state index contributed by atoms with van der Waals surface area (Å²) >= 11 is 0. The van der Waals surface area contributed by atoms with Gasteiger partial charge in [0.1, 0.15) is 41.5 Å². The van der Waals surface area contributed by atoms with Gasteiger partial charge < -0.3 is 24.9 Å². The van der Waals surface area contributed by atoms with Crippen molar-refractivity contribution in [1.29, 1.82) is 0 Å². The fourth-order valence-electron chi connectivity index (χ4n) is 4.89. The summed E-state index contributed by atoms with van der Waals surface area (Å²) in [7, 11) is 3.30. The lowest BCUT2D eigenvalue weighted by Crippen LogP contribution is -2.37. The molecule has 0 unspecified atom stereocenters. The first-order chi connectivity index (χ1) is 21.3. The molecule has 3 aromatic carbocycles. The van der Waals surface area contributed by atoms with Gasteiger partial charge >= 0.3 is 5.69 Å². The third kappa shape index (κ3) is 5.48. The molecule has 0 saturated carbocycles. The number of anilines is 2. The SMILES string of the molecule is CON(C)C/C=C/C(=O)N1CCOc2ccc(-n3c(=O)n(-c4ccc(Oc5cccc(F)c5)cc4)c4c(N)ncnc43)cc21. The lowest BCUT2D eigenvalue weighted by atomic mass is 10.2. The van der Waals surface area contributed by atoms with E-state index >= 15 is 0 Å². The minimum absolute atomic E-state index is 0.107. The van der Waals surface area contributed by atoms with Crippen molar-refractivity contribution in [3.63, 3.8) is 0 Å². The van der Waals surface area contributed by atoms with Crippen LogP contribution >= 0.6 is 0 Å². The molecule has 5 aromatic rings. The number of nitrogens with zero attached hydrogens (tertiary/aromatic N) is 6. The molecule has 0 saturated heterocycles. The molecule has 0 radical (unpaired) electrons. The van der Waals surface area contributed by atoms with Crippen molar-refractivity contribution in [3.05, 3.63) is 102 Å². The van der Waals surface area contributed by atoms with Crippen molar-refractivity contribution in [2.24, 2.45) is 0 Å². The Morgan fingerprint density at radius 1 is 1.07 bits per heavy atom. The second kappa shape index (κ2) is 12.0. The first kappa shape index (κ1) is 28.6. The van der Waals surface area contributed by atoms with Crippen LogP contribution in [-0.4, -0.2) is 63.9 Å². The highest BCUT2D eigenvalue weighted by Crippen LogP contribution is 2.35. The first-order valence-corrected chi connectivity index (χ1v) is 13.6. The normalized spacial score (nSPS) is 13.0. The fraction of sp³-hybridized carbons (Fsp3) is 0.161. The Bertz CT molecular complexity index is 1940. The summed E-state index contributed by atoms with van der Waals surface area (Å²) in [5, 5.41) is 1.58. The summed E-state index contributed by atoms with van der Waals surface area (Å²) in [5.74, 6) is 0.749. The molecule has 44 heavy (non-hydrogen) atoms. The number of imidazole rings is 1. The number of nitrogen functional groups attached to an aromatic ring is 1. The van der Waals surface area contributed by atoms with Crippen LogP contribution in [0.15, 0.2) is 90.0 Å². The van der Waals surface area contributed by atoms with Crippen LogP contribution in [0.1, 0.15) is 0 Å². The van der Waals surface area contributed by atoms with Crippen LogP contribution in [0.3, 0.4) is 0 Å². The van der Waals surface area contributed by atoms with Gasteiger partial charge in [-0.05, 0) is 54.6 Å². The Balaban J connectivity index is 1.39. The Hall–Kier alpha value is -5.53. The van der Waals surface area contributed by atoms with Gasteiger partial charge in [0, 0.05) is 25.7 Å². The van der Waals surface area contributed by atoms with Gasteiger partial charge in [-0.3, -0.25) is 9.36 Å². The maximum atomic E-state index is 14.1. The van der Waals surface area contributed by atoms with E-state index in [2.05, 4.69) is 9.97 Å². The quantitative estimate of drug-likeness (QED) is 0.209. The Kier molecular flexibility index (Phi) is 7.79. The number of likely N-dealkylation sites (N-methyl/N-ethyl adjacent to an activating group) is 1. The number of ether oxygens (including phenoxy) is 2. The molecule has 0 fully saturated rings. The average molecular weight is 598 g/mol. The highest BCUT2D eigenvalue weighted by molar-refractivity contribution is 6.03. The van der Waals surface area contributed by atoms with Crippen molar-refractivity contribution in [3.8, 4) is 28.6 Å². The number of hydrogen-bond donors (Lipinski definition) is 1. The third-order valence-corrected chi connectivity index (χ3v) is 7.04.